The Morgan fingerprint density at radius 3 is 0.889 bits per heavy atom. The van der Waals surface area contributed by atoms with Gasteiger partial charge in [0.15, 0.2) is 16.1 Å². The SMILES string of the molecule is Brc1ccccc1-c1cccc([Si](c2ccccc2)(c2ccccc2)c2ccccc2)c1.c1ccc(Oc2ccccc2)cc1.c1ccc([Si](c2ccccc2)(c2ccccc2)c2cccc(-c3ccccc3B3c4ccccc4Oc4ccccc43)c2)cc1. The van der Waals surface area contributed by atoms with Crippen LogP contribution in [0, 0.1) is 0 Å². The molecule has 430 valence electrons. The number of benzene rings is 14. The molecule has 0 unspecified atom stereocenters. The third-order valence-electron chi connectivity index (χ3n) is 17.0. The molecule has 0 fully saturated rings. The molecule has 14 aromatic rings. The predicted octanol–water partition coefficient (Wildman–Crippen LogP) is 14.3. The topological polar surface area (TPSA) is 18.5 Å². The third kappa shape index (κ3) is 12.2. The van der Waals surface area contributed by atoms with Gasteiger partial charge >= 0.3 is 0 Å². The molecule has 0 aliphatic carbocycles. The molecule has 90 heavy (non-hydrogen) atoms. The van der Waals surface area contributed by atoms with Crippen molar-refractivity contribution in [2.45, 2.75) is 0 Å². The molecule has 14 aromatic carbocycles. The molecule has 0 saturated heterocycles. The molecule has 0 spiro atoms. The normalized spacial score (nSPS) is 11.5. The second-order valence-corrected chi connectivity index (χ2v) is 30.7. The van der Waals surface area contributed by atoms with E-state index < -0.39 is 16.1 Å². The number of halogens is 1. The van der Waals surface area contributed by atoms with Crippen molar-refractivity contribution in [1.29, 1.82) is 0 Å². The minimum absolute atomic E-state index is 0.0605. The molecule has 0 N–H and O–H groups in total. The zero-order valence-electron chi connectivity index (χ0n) is 49.7. The van der Waals surface area contributed by atoms with Crippen LogP contribution in [0.1, 0.15) is 0 Å². The maximum Gasteiger partial charge on any atom is 0.251 e. The highest BCUT2D eigenvalue weighted by Gasteiger charge is 2.43. The van der Waals surface area contributed by atoms with E-state index >= 15 is 0 Å². The fourth-order valence-corrected chi connectivity index (χ4v) is 23.1. The van der Waals surface area contributed by atoms with Gasteiger partial charge in [-0.3, -0.25) is 0 Å². The molecule has 2 nitrogen and oxygen atoms in total. The molecule has 0 atom stereocenters. The summed E-state index contributed by atoms with van der Waals surface area (Å²) in [7, 11) is -5.15. The highest BCUT2D eigenvalue weighted by molar-refractivity contribution is 9.10. The van der Waals surface area contributed by atoms with Crippen LogP contribution in [0.3, 0.4) is 0 Å². The van der Waals surface area contributed by atoms with Crippen LogP contribution in [-0.2, 0) is 0 Å². The lowest BCUT2D eigenvalue weighted by atomic mass is 9.35. The Bertz CT molecular complexity index is 4330. The van der Waals surface area contributed by atoms with Crippen LogP contribution in [0.15, 0.2) is 393 Å². The standard InChI is InChI=1S/C42H31BOSi.C30H23BrSi.C12H10O/c1-4-18-33(19-5-1)45(34-20-6-2-7-21-34,35-22-8-3-9-23-35)36-24-16-17-32(31-36)37-25-10-11-26-38(37)43-39-27-12-14-29-41(39)44-42-30-15-13-28-40(42)43;31-30-22-11-10-21-29(30)24-13-12-20-28(23-24)32(25-14-4-1-5-15-25,26-16-6-2-7-17-26)27-18-8-3-9-19-27;1-3-7-11(8-4-1)13-12-9-5-2-6-10-12/h1-31H;1-23H;1-10H. The summed E-state index contributed by atoms with van der Waals surface area (Å²) in [6.07, 6.45) is 0. The molecule has 1 aliphatic rings. The van der Waals surface area contributed by atoms with E-state index in [0.29, 0.717) is 0 Å². The minimum Gasteiger partial charge on any atom is -0.458 e. The first kappa shape index (κ1) is 58.7. The second kappa shape index (κ2) is 27.8. The number of fused-ring (bicyclic) bond motifs is 2. The molecule has 0 aromatic heterocycles. The number of ether oxygens (including phenoxy) is 2. The van der Waals surface area contributed by atoms with Gasteiger partial charge in [0.2, 0.25) is 0 Å². The minimum atomic E-state index is -2.66. The van der Waals surface area contributed by atoms with E-state index in [4.69, 9.17) is 9.47 Å². The number of para-hydroxylation sites is 4. The average molecular weight is 1250 g/mol. The van der Waals surface area contributed by atoms with Crippen LogP contribution < -0.4 is 67.4 Å². The van der Waals surface area contributed by atoms with Gasteiger partial charge in [-0.25, -0.2) is 0 Å². The third-order valence-corrected chi connectivity index (χ3v) is 27.2. The Balaban J connectivity index is 0.000000143. The van der Waals surface area contributed by atoms with Crippen LogP contribution in [0.2, 0.25) is 0 Å². The van der Waals surface area contributed by atoms with Gasteiger partial charge in [-0.1, -0.05) is 367 Å². The quantitative estimate of drug-likeness (QED) is 0.0846. The van der Waals surface area contributed by atoms with Crippen molar-refractivity contribution in [3.63, 3.8) is 0 Å². The molecule has 15 rings (SSSR count). The number of hydrogen-bond acceptors (Lipinski definition) is 2. The van der Waals surface area contributed by atoms with E-state index in [1.165, 1.54) is 80.1 Å². The summed E-state index contributed by atoms with van der Waals surface area (Å²) in [5.74, 6) is 3.59. The van der Waals surface area contributed by atoms with E-state index in [1.54, 1.807) is 0 Å². The molecule has 0 radical (unpaired) electrons. The van der Waals surface area contributed by atoms with E-state index in [9.17, 15) is 0 Å². The lowest BCUT2D eigenvalue weighted by molar-refractivity contribution is 0.482. The average Bonchev–Trinajstić information content (AvgIpc) is 0.774. The number of hydrogen-bond donors (Lipinski definition) is 0. The van der Waals surface area contributed by atoms with E-state index in [-0.39, 0.29) is 6.71 Å². The Morgan fingerprint density at radius 1 is 0.244 bits per heavy atom. The van der Waals surface area contributed by atoms with Gasteiger partial charge < -0.3 is 9.47 Å². The highest BCUT2D eigenvalue weighted by atomic mass is 79.9. The molecule has 1 aliphatic heterocycles. The Morgan fingerprint density at radius 2 is 0.522 bits per heavy atom. The Labute approximate surface area is 540 Å². The Hall–Kier alpha value is -10.3. The predicted molar refractivity (Wildman–Crippen MR) is 389 cm³/mol. The maximum atomic E-state index is 6.39. The lowest BCUT2D eigenvalue weighted by Gasteiger charge is -2.35. The zero-order valence-corrected chi connectivity index (χ0v) is 53.3. The Kier molecular flexibility index (Phi) is 18.1. The summed E-state index contributed by atoms with van der Waals surface area (Å²) < 4.78 is 13.1. The summed E-state index contributed by atoms with van der Waals surface area (Å²) in [6, 6.07) is 139. The zero-order chi connectivity index (χ0) is 60.8. The van der Waals surface area contributed by atoms with Crippen molar-refractivity contribution >= 4 is 96.7 Å². The first-order valence-electron chi connectivity index (χ1n) is 30.6. The fraction of sp³-hybridized carbons (Fsp3) is 0. The fourth-order valence-electron chi connectivity index (χ4n) is 13.0. The molecule has 1 heterocycles. The largest absolute Gasteiger partial charge is 0.458 e. The monoisotopic (exact) mass is 1250 g/mol. The first-order valence-corrected chi connectivity index (χ1v) is 35.4. The summed E-state index contributed by atoms with van der Waals surface area (Å²) in [4.78, 5) is 0. The van der Waals surface area contributed by atoms with Gasteiger partial charge in [0.1, 0.15) is 23.0 Å². The van der Waals surface area contributed by atoms with Crippen molar-refractivity contribution in [3.8, 4) is 45.3 Å². The van der Waals surface area contributed by atoms with Crippen molar-refractivity contribution < 1.29 is 9.47 Å². The van der Waals surface area contributed by atoms with E-state index in [1.807, 2.05) is 60.7 Å². The van der Waals surface area contributed by atoms with Crippen LogP contribution >= 0.6 is 15.9 Å². The lowest BCUT2D eigenvalue weighted by Crippen LogP contribution is -2.74. The van der Waals surface area contributed by atoms with E-state index in [2.05, 4.69) is 344 Å². The smallest absolute Gasteiger partial charge is 0.251 e. The molecule has 0 saturated carbocycles. The molecular weight excluding hydrogens is 1190 g/mol. The maximum absolute atomic E-state index is 6.39. The van der Waals surface area contributed by atoms with Crippen molar-refractivity contribution in [2.24, 2.45) is 0 Å². The van der Waals surface area contributed by atoms with Crippen LogP contribution in [0.4, 0.5) is 0 Å². The van der Waals surface area contributed by atoms with E-state index in [0.717, 1.165) is 27.5 Å². The summed E-state index contributed by atoms with van der Waals surface area (Å²) >= 11 is 3.75. The molecule has 0 amide bonds. The molecule has 0 bridgehead atoms. The van der Waals surface area contributed by atoms with Crippen LogP contribution in [-0.4, -0.2) is 22.9 Å². The van der Waals surface area contributed by atoms with Crippen LogP contribution in [0.5, 0.6) is 23.0 Å². The van der Waals surface area contributed by atoms with Crippen molar-refractivity contribution in [1.82, 2.24) is 0 Å². The van der Waals surface area contributed by atoms with Crippen molar-refractivity contribution in [3.05, 3.63) is 393 Å². The van der Waals surface area contributed by atoms with Gasteiger partial charge in [-0.15, -0.1) is 0 Å². The van der Waals surface area contributed by atoms with Gasteiger partial charge in [-0.2, -0.15) is 0 Å². The number of rotatable bonds is 13. The highest BCUT2D eigenvalue weighted by Crippen LogP contribution is 2.29. The van der Waals surface area contributed by atoms with Crippen LogP contribution in [0.25, 0.3) is 22.3 Å². The summed E-state index contributed by atoms with van der Waals surface area (Å²) in [5, 5.41) is 11.0. The summed E-state index contributed by atoms with van der Waals surface area (Å²) in [5.41, 5.74) is 8.59. The second-order valence-electron chi connectivity index (χ2n) is 22.3. The van der Waals surface area contributed by atoms with Gasteiger partial charge in [0.25, 0.3) is 6.71 Å². The molecule has 6 heteroatoms. The van der Waals surface area contributed by atoms with Gasteiger partial charge in [0, 0.05) is 4.47 Å². The first-order chi connectivity index (χ1) is 44.6. The van der Waals surface area contributed by atoms with Gasteiger partial charge in [-0.05, 0) is 117 Å². The van der Waals surface area contributed by atoms with Crippen molar-refractivity contribution in [2.75, 3.05) is 0 Å². The van der Waals surface area contributed by atoms with Gasteiger partial charge in [0.05, 0.1) is 0 Å². The summed E-state index contributed by atoms with van der Waals surface area (Å²) in [6.45, 7) is 0.0605. The molecular formula is C84H64BBrO2Si2.